The van der Waals surface area contributed by atoms with Crippen molar-refractivity contribution in [2.24, 2.45) is 0 Å². The molecule has 0 fully saturated rings. The first kappa shape index (κ1) is 23.5. The molecule has 180 valence electrons. The Morgan fingerprint density at radius 1 is 0.316 bits per heavy atom. The zero-order valence-electron chi connectivity index (χ0n) is 20.9. The Morgan fingerprint density at radius 2 is 0.658 bits per heavy atom. The summed E-state index contributed by atoms with van der Waals surface area (Å²) < 4.78 is 9.05. The van der Waals surface area contributed by atoms with Crippen LogP contribution in [0.2, 0.25) is 0 Å². The molecule has 0 N–H and O–H groups in total. The first-order valence-electron chi connectivity index (χ1n) is 13.0. The standard InChI is InChI=1S/C36H26As2/c1-3-15-27(16-4-1)37(28-17-5-2-6-18-28)33-23-11-7-19-29(33)30-20-8-12-24-34(30)38-35-25-13-9-21-31(35)32-22-10-14-26-36(32)38/h1-26H. The van der Waals surface area contributed by atoms with Crippen molar-refractivity contribution in [1.29, 1.82) is 0 Å². The zero-order chi connectivity index (χ0) is 25.3. The predicted octanol–water partition coefficient (Wildman–Crippen LogP) is 4.37. The van der Waals surface area contributed by atoms with Crippen LogP contribution in [-0.2, 0) is 0 Å². The summed E-state index contributed by atoms with van der Waals surface area (Å²) in [6, 6.07) is 59.0. The van der Waals surface area contributed by atoms with Crippen LogP contribution in [0.15, 0.2) is 158 Å². The van der Waals surface area contributed by atoms with Crippen LogP contribution in [0.4, 0.5) is 0 Å². The first-order valence-corrected chi connectivity index (χ1v) is 18.6. The SMILES string of the molecule is c1ccc([As](c2ccccc2)c2ccccc2-c2ccccc2[As]2c3ccccc3-c3ccccc32)cc1. The van der Waals surface area contributed by atoms with Gasteiger partial charge in [-0.2, -0.15) is 0 Å². The third kappa shape index (κ3) is 4.10. The van der Waals surface area contributed by atoms with Gasteiger partial charge in [-0.1, -0.05) is 0 Å². The van der Waals surface area contributed by atoms with Crippen LogP contribution in [0.5, 0.6) is 0 Å². The van der Waals surface area contributed by atoms with Crippen molar-refractivity contribution in [3.63, 3.8) is 0 Å². The number of benzene rings is 6. The molecule has 2 heteroatoms. The first-order chi connectivity index (χ1) is 18.9. The number of hydrogen-bond acceptors (Lipinski definition) is 0. The van der Waals surface area contributed by atoms with Gasteiger partial charge in [0.1, 0.15) is 0 Å². The summed E-state index contributed by atoms with van der Waals surface area (Å²) >= 11 is -3.50. The Morgan fingerprint density at radius 3 is 1.13 bits per heavy atom. The number of rotatable bonds is 5. The van der Waals surface area contributed by atoms with E-state index in [1.807, 2.05) is 0 Å². The van der Waals surface area contributed by atoms with Crippen LogP contribution in [0.1, 0.15) is 0 Å². The molecular weight excluding hydrogens is 582 g/mol. The van der Waals surface area contributed by atoms with E-state index in [4.69, 9.17) is 0 Å². The van der Waals surface area contributed by atoms with E-state index in [1.165, 1.54) is 39.7 Å². The van der Waals surface area contributed by atoms with Gasteiger partial charge in [0.15, 0.2) is 0 Å². The average Bonchev–Trinajstić information content (AvgIpc) is 3.33. The second-order valence-electron chi connectivity index (χ2n) is 9.41. The monoisotopic (exact) mass is 608 g/mol. The van der Waals surface area contributed by atoms with E-state index in [1.54, 1.807) is 8.70 Å². The maximum absolute atomic E-state index is 2.41. The molecule has 0 amide bonds. The second-order valence-corrected chi connectivity index (χ2v) is 18.4. The summed E-state index contributed by atoms with van der Waals surface area (Å²) in [5.41, 5.74) is 5.65. The molecule has 6 aromatic rings. The van der Waals surface area contributed by atoms with Crippen LogP contribution < -0.4 is 26.1 Å². The van der Waals surface area contributed by atoms with Crippen LogP contribution in [0.25, 0.3) is 22.3 Å². The van der Waals surface area contributed by atoms with Crippen LogP contribution >= 0.6 is 0 Å². The van der Waals surface area contributed by atoms with Crippen molar-refractivity contribution < 1.29 is 0 Å². The van der Waals surface area contributed by atoms with Gasteiger partial charge in [-0.25, -0.2) is 0 Å². The summed E-state index contributed by atoms with van der Waals surface area (Å²) in [7, 11) is 0. The van der Waals surface area contributed by atoms with Gasteiger partial charge < -0.3 is 0 Å². The molecule has 0 aliphatic carbocycles. The topological polar surface area (TPSA) is 0 Å². The summed E-state index contributed by atoms with van der Waals surface area (Å²) in [5.74, 6) is 0. The zero-order valence-corrected chi connectivity index (χ0v) is 24.7. The quantitative estimate of drug-likeness (QED) is 0.255. The van der Waals surface area contributed by atoms with E-state index in [0.717, 1.165) is 0 Å². The van der Waals surface area contributed by atoms with E-state index < -0.39 is 29.3 Å². The second kappa shape index (κ2) is 10.3. The summed E-state index contributed by atoms with van der Waals surface area (Å²) in [6.07, 6.45) is 0. The van der Waals surface area contributed by atoms with Gasteiger partial charge in [0.05, 0.1) is 0 Å². The fourth-order valence-corrected chi connectivity index (χ4v) is 16.6. The molecule has 38 heavy (non-hydrogen) atoms. The van der Waals surface area contributed by atoms with E-state index in [0.29, 0.717) is 0 Å². The molecule has 1 heterocycles. The normalized spacial score (nSPS) is 12.3. The van der Waals surface area contributed by atoms with Gasteiger partial charge in [-0.15, -0.1) is 0 Å². The average molecular weight is 608 g/mol. The van der Waals surface area contributed by atoms with Gasteiger partial charge in [-0.05, 0) is 0 Å². The molecule has 0 radical (unpaired) electrons. The predicted molar refractivity (Wildman–Crippen MR) is 166 cm³/mol. The molecule has 6 aromatic carbocycles. The van der Waals surface area contributed by atoms with E-state index in [2.05, 4.69) is 158 Å². The minimum absolute atomic E-state index is 1.40. The van der Waals surface area contributed by atoms with Crippen molar-refractivity contribution in [1.82, 2.24) is 0 Å². The number of fused-ring (bicyclic) bond motifs is 3. The summed E-state index contributed by atoms with van der Waals surface area (Å²) in [5, 5.41) is 0. The Bertz CT molecular complexity index is 1600. The Balaban J connectivity index is 1.46. The van der Waals surface area contributed by atoms with E-state index in [9.17, 15) is 0 Å². The molecule has 0 saturated carbocycles. The van der Waals surface area contributed by atoms with Gasteiger partial charge in [-0.3, -0.25) is 0 Å². The van der Waals surface area contributed by atoms with Gasteiger partial charge in [0.25, 0.3) is 0 Å². The Labute approximate surface area is 234 Å². The Kier molecular flexibility index (Phi) is 6.38. The molecule has 1 aliphatic rings. The van der Waals surface area contributed by atoms with Gasteiger partial charge >= 0.3 is 235 Å². The molecular formula is C36H26As2. The van der Waals surface area contributed by atoms with Crippen molar-refractivity contribution >= 4 is 55.4 Å². The Hall–Kier alpha value is -3.56. The van der Waals surface area contributed by atoms with E-state index in [-0.39, 0.29) is 0 Å². The molecule has 0 nitrogen and oxygen atoms in total. The third-order valence-corrected chi connectivity index (χ3v) is 17.9. The minimum atomic E-state index is -1.78. The van der Waals surface area contributed by atoms with Crippen molar-refractivity contribution in [2.75, 3.05) is 0 Å². The fraction of sp³-hybridized carbons (Fsp3) is 0. The van der Waals surface area contributed by atoms with Crippen LogP contribution in [0, 0.1) is 0 Å². The maximum atomic E-state index is 2.41. The van der Waals surface area contributed by atoms with E-state index >= 15 is 0 Å². The molecule has 0 bridgehead atoms. The fourth-order valence-electron chi connectivity index (χ4n) is 5.56. The molecule has 0 aromatic heterocycles. The third-order valence-electron chi connectivity index (χ3n) is 7.19. The summed E-state index contributed by atoms with van der Waals surface area (Å²) in [4.78, 5) is 0. The molecule has 7 rings (SSSR count). The molecule has 0 unspecified atom stereocenters. The van der Waals surface area contributed by atoms with Crippen molar-refractivity contribution in [3.05, 3.63) is 158 Å². The molecule has 0 atom stereocenters. The molecule has 0 saturated heterocycles. The van der Waals surface area contributed by atoms with Crippen LogP contribution in [-0.4, -0.2) is 29.3 Å². The van der Waals surface area contributed by atoms with Crippen molar-refractivity contribution in [3.8, 4) is 22.3 Å². The van der Waals surface area contributed by atoms with Gasteiger partial charge in [0.2, 0.25) is 0 Å². The molecule has 0 spiro atoms. The summed E-state index contributed by atoms with van der Waals surface area (Å²) in [6.45, 7) is 0. The molecule has 1 aliphatic heterocycles. The van der Waals surface area contributed by atoms with Gasteiger partial charge in [0, 0.05) is 0 Å². The van der Waals surface area contributed by atoms with Crippen LogP contribution in [0.3, 0.4) is 0 Å². The number of hydrogen-bond donors (Lipinski definition) is 0. The van der Waals surface area contributed by atoms with Crippen molar-refractivity contribution in [2.45, 2.75) is 0 Å².